The summed E-state index contributed by atoms with van der Waals surface area (Å²) in [4.78, 5) is 22.9. The monoisotopic (exact) mass is 429 g/mol. The number of carbonyl (C=O) groups is 1. The van der Waals surface area contributed by atoms with Crippen LogP contribution in [0.5, 0.6) is 0 Å². The summed E-state index contributed by atoms with van der Waals surface area (Å²) in [6, 6.07) is 1.90. The van der Waals surface area contributed by atoms with Crippen molar-refractivity contribution in [3.63, 3.8) is 0 Å². The molecule has 1 amide bonds. The molecule has 0 bridgehead atoms. The average molecular weight is 430 g/mol. The van der Waals surface area contributed by atoms with Crippen LogP contribution in [-0.4, -0.2) is 37.6 Å². The summed E-state index contributed by atoms with van der Waals surface area (Å²) in [5.41, 5.74) is 6.73. The minimum Gasteiger partial charge on any atom is -0.388 e. The van der Waals surface area contributed by atoms with Gasteiger partial charge in [-0.1, -0.05) is 31.9 Å². The van der Waals surface area contributed by atoms with Crippen LogP contribution in [0.15, 0.2) is 30.1 Å². The van der Waals surface area contributed by atoms with Crippen LogP contribution < -0.4 is 21.4 Å². The van der Waals surface area contributed by atoms with Crippen LogP contribution in [0, 0.1) is 18.8 Å². The molecule has 1 aromatic heterocycles. The fourth-order valence-corrected chi connectivity index (χ4v) is 4.15. The predicted molar refractivity (Wildman–Crippen MR) is 127 cm³/mol. The summed E-state index contributed by atoms with van der Waals surface area (Å²) in [5.74, 6) is 1.71. The number of likely N-dealkylation sites (N-methyl/N-ethyl adjacent to an activating group) is 1. The zero-order chi connectivity index (χ0) is 22.8. The molecule has 0 aromatic carbocycles. The molecule has 1 fully saturated rings. The maximum absolute atomic E-state index is 12.6. The quantitative estimate of drug-likeness (QED) is 0.335. The van der Waals surface area contributed by atoms with Gasteiger partial charge in [-0.05, 0) is 57.1 Å². The van der Waals surface area contributed by atoms with Gasteiger partial charge in [0.25, 0.3) is 5.91 Å². The second kappa shape index (κ2) is 12.3. The molecule has 1 heterocycles. The Labute approximate surface area is 187 Å². The van der Waals surface area contributed by atoms with Crippen molar-refractivity contribution < 1.29 is 9.63 Å². The molecule has 1 atom stereocenters. The van der Waals surface area contributed by atoms with E-state index in [0.29, 0.717) is 24.0 Å². The van der Waals surface area contributed by atoms with Gasteiger partial charge in [0.05, 0.1) is 18.3 Å². The Bertz CT molecular complexity index is 782. The van der Waals surface area contributed by atoms with Crippen molar-refractivity contribution in [2.75, 3.05) is 26.2 Å². The lowest BCUT2D eigenvalue weighted by Gasteiger charge is -2.33. The second-order valence-electron chi connectivity index (χ2n) is 8.30. The SMILES string of the molecule is C/C=C(\NC)C(=O)N[C@H](CONc1cc(C)c(/C(=C/C)NC)cn1)C1CCC(C)CC1. The van der Waals surface area contributed by atoms with E-state index < -0.39 is 0 Å². The van der Waals surface area contributed by atoms with Gasteiger partial charge in [-0.3, -0.25) is 9.63 Å². The molecule has 1 aliphatic carbocycles. The molecule has 0 spiro atoms. The van der Waals surface area contributed by atoms with Gasteiger partial charge in [-0.15, -0.1) is 0 Å². The van der Waals surface area contributed by atoms with Gasteiger partial charge in [-0.2, -0.15) is 0 Å². The Kier molecular flexibility index (Phi) is 9.85. The molecule has 31 heavy (non-hydrogen) atoms. The number of anilines is 1. The lowest BCUT2D eigenvalue weighted by molar-refractivity contribution is -0.119. The third-order valence-electron chi connectivity index (χ3n) is 6.15. The minimum atomic E-state index is -0.0958. The van der Waals surface area contributed by atoms with Crippen LogP contribution in [0.4, 0.5) is 5.82 Å². The Hall–Kier alpha value is -2.54. The summed E-state index contributed by atoms with van der Waals surface area (Å²) in [7, 11) is 3.66. The van der Waals surface area contributed by atoms with Crippen molar-refractivity contribution >= 4 is 17.4 Å². The largest absolute Gasteiger partial charge is 0.388 e. The number of nitrogens with one attached hydrogen (secondary N) is 4. The Balaban J connectivity index is 2.02. The van der Waals surface area contributed by atoms with E-state index in [4.69, 9.17) is 4.84 Å². The fraction of sp³-hybridized carbons (Fsp3) is 0.583. The van der Waals surface area contributed by atoms with E-state index in [1.54, 1.807) is 13.1 Å². The number of nitrogens with zero attached hydrogens (tertiary/aromatic N) is 1. The van der Waals surface area contributed by atoms with E-state index in [-0.39, 0.29) is 11.9 Å². The highest BCUT2D eigenvalue weighted by Gasteiger charge is 2.28. The number of carbonyl (C=O) groups excluding carboxylic acids is 1. The molecule has 0 unspecified atom stereocenters. The van der Waals surface area contributed by atoms with Crippen molar-refractivity contribution in [3.05, 3.63) is 41.2 Å². The molecule has 172 valence electrons. The fourth-order valence-electron chi connectivity index (χ4n) is 4.15. The number of aromatic nitrogens is 1. The third kappa shape index (κ3) is 6.99. The number of hydrogen-bond donors (Lipinski definition) is 4. The van der Waals surface area contributed by atoms with Crippen molar-refractivity contribution in [1.29, 1.82) is 0 Å². The highest BCUT2D eigenvalue weighted by atomic mass is 16.6. The smallest absolute Gasteiger partial charge is 0.267 e. The van der Waals surface area contributed by atoms with E-state index in [0.717, 1.165) is 35.6 Å². The van der Waals surface area contributed by atoms with E-state index in [2.05, 4.69) is 33.3 Å². The Morgan fingerprint density at radius 3 is 2.45 bits per heavy atom. The lowest BCUT2D eigenvalue weighted by atomic mass is 9.79. The highest BCUT2D eigenvalue weighted by Crippen LogP contribution is 2.30. The molecule has 0 saturated heterocycles. The lowest BCUT2D eigenvalue weighted by Crippen LogP contribution is -2.46. The van der Waals surface area contributed by atoms with E-state index in [1.165, 1.54) is 12.8 Å². The van der Waals surface area contributed by atoms with Crippen LogP contribution in [0.1, 0.15) is 57.6 Å². The first kappa shape index (κ1) is 24.7. The summed E-state index contributed by atoms with van der Waals surface area (Å²) >= 11 is 0. The molecule has 1 aliphatic rings. The molecule has 1 saturated carbocycles. The molecule has 0 radical (unpaired) electrons. The highest BCUT2D eigenvalue weighted by molar-refractivity contribution is 5.92. The number of amides is 1. The van der Waals surface area contributed by atoms with Crippen LogP contribution >= 0.6 is 0 Å². The molecule has 7 nitrogen and oxygen atoms in total. The molecule has 7 heteroatoms. The van der Waals surface area contributed by atoms with Gasteiger partial charge in [0, 0.05) is 31.6 Å². The van der Waals surface area contributed by atoms with Crippen LogP contribution in [-0.2, 0) is 9.63 Å². The van der Waals surface area contributed by atoms with Crippen molar-refractivity contribution in [2.24, 2.45) is 11.8 Å². The zero-order valence-corrected chi connectivity index (χ0v) is 19.8. The number of aryl methyl sites for hydroxylation is 1. The molecule has 2 rings (SSSR count). The number of rotatable bonds is 10. The van der Waals surface area contributed by atoms with Crippen LogP contribution in [0.25, 0.3) is 5.70 Å². The first-order valence-electron chi connectivity index (χ1n) is 11.3. The second-order valence-corrected chi connectivity index (χ2v) is 8.30. The van der Waals surface area contributed by atoms with Gasteiger partial charge in [0.1, 0.15) is 5.82 Å². The van der Waals surface area contributed by atoms with Crippen LogP contribution in [0.3, 0.4) is 0 Å². The maximum Gasteiger partial charge on any atom is 0.267 e. The number of allylic oxidation sites excluding steroid dienone is 2. The molecular weight excluding hydrogens is 390 g/mol. The first-order chi connectivity index (χ1) is 14.9. The van der Waals surface area contributed by atoms with Gasteiger partial charge < -0.3 is 16.0 Å². The van der Waals surface area contributed by atoms with Gasteiger partial charge in [0.2, 0.25) is 0 Å². The van der Waals surface area contributed by atoms with Crippen molar-refractivity contribution in [1.82, 2.24) is 20.9 Å². The first-order valence-corrected chi connectivity index (χ1v) is 11.3. The predicted octanol–water partition coefficient (Wildman–Crippen LogP) is 3.75. The summed E-state index contributed by atoms with van der Waals surface area (Å²) in [5, 5.41) is 9.30. The van der Waals surface area contributed by atoms with E-state index in [9.17, 15) is 4.79 Å². The Morgan fingerprint density at radius 2 is 1.90 bits per heavy atom. The van der Waals surface area contributed by atoms with Gasteiger partial charge in [-0.25, -0.2) is 10.5 Å². The van der Waals surface area contributed by atoms with Crippen LogP contribution in [0.2, 0.25) is 0 Å². The third-order valence-corrected chi connectivity index (χ3v) is 6.15. The normalized spacial score (nSPS) is 20.7. The van der Waals surface area contributed by atoms with Gasteiger partial charge in [0.15, 0.2) is 0 Å². The van der Waals surface area contributed by atoms with E-state index in [1.807, 2.05) is 46.2 Å². The van der Waals surface area contributed by atoms with Crippen molar-refractivity contribution in [2.45, 2.75) is 59.4 Å². The molecule has 0 aliphatic heterocycles. The molecule has 4 N–H and O–H groups in total. The minimum absolute atomic E-state index is 0.0601. The van der Waals surface area contributed by atoms with Crippen molar-refractivity contribution in [3.8, 4) is 0 Å². The number of hydrogen-bond acceptors (Lipinski definition) is 6. The summed E-state index contributed by atoms with van der Waals surface area (Å²) < 4.78 is 0. The molecular formula is C24H39N5O2. The molecule has 1 aromatic rings. The average Bonchev–Trinajstić information content (AvgIpc) is 2.76. The number of pyridine rings is 1. The topological polar surface area (TPSA) is 87.3 Å². The summed E-state index contributed by atoms with van der Waals surface area (Å²) in [6.07, 6.45) is 10.2. The summed E-state index contributed by atoms with van der Waals surface area (Å²) in [6.45, 7) is 8.57. The zero-order valence-electron chi connectivity index (χ0n) is 19.8. The van der Waals surface area contributed by atoms with Gasteiger partial charge >= 0.3 is 0 Å². The Morgan fingerprint density at radius 1 is 1.19 bits per heavy atom. The maximum atomic E-state index is 12.6. The standard InChI is InChI=1S/C24H39N5O2/c1-7-20(25-5)19-14-27-23(13-17(19)4)29-31-15-22(18-11-9-16(3)10-12-18)28-24(30)21(8-2)26-6/h7-8,13-14,16,18,22,25-26H,9-12,15H2,1-6H3,(H,27,29)(H,28,30)/b20-7-,21-8-/t16?,18?,22-/m1/s1. The van der Waals surface area contributed by atoms with E-state index >= 15 is 0 Å².